The highest BCUT2D eigenvalue weighted by Gasteiger charge is 2.62. The Morgan fingerprint density at radius 3 is 2.46 bits per heavy atom. The fourth-order valence-corrected chi connectivity index (χ4v) is 9.79. The van der Waals surface area contributed by atoms with E-state index < -0.39 is 74.8 Å². The van der Waals surface area contributed by atoms with Crippen LogP contribution < -0.4 is 15.4 Å². The van der Waals surface area contributed by atoms with Gasteiger partial charge in [-0.1, -0.05) is 43.5 Å². The van der Waals surface area contributed by atoms with Crippen LogP contribution in [-0.2, 0) is 53.4 Å². The standard InChI is InChI=1S/C37H49N5O9S/c1-2-26-19-37(26,34(45)40-52(48,49)28-15-16-28)39-32(43)30-18-27-21-42(30)33(44)31(24-11-5-3-6-12-24)38-35(46)50-17-8-4-7-10-23-13-9-14-25-20-41(22-29(23)25)36(47)51-27/h2,9,13-14,24,26-28,30-31H,1,3-8,10-12,15-22H2,(H,38,46)(H,39,43)(H,40,45)/t26-,27-,30+,31+,37-/m1/s1. The number of rotatable bonds is 7. The second-order valence-corrected chi connectivity index (χ2v) is 17.3. The van der Waals surface area contributed by atoms with E-state index in [-0.39, 0.29) is 31.9 Å². The van der Waals surface area contributed by atoms with Gasteiger partial charge in [0.25, 0.3) is 5.91 Å². The number of carbonyl (C=O) groups excluding carboxylic acids is 5. The Morgan fingerprint density at radius 1 is 0.981 bits per heavy atom. The van der Waals surface area contributed by atoms with Crippen LogP contribution in [0.25, 0.3) is 0 Å². The quantitative estimate of drug-likeness (QED) is 0.354. The van der Waals surface area contributed by atoms with Crippen molar-refractivity contribution in [2.75, 3.05) is 13.2 Å². The lowest BCUT2D eigenvalue weighted by Crippen LogP contribution is -2.59. The molecule has 3 aliphatic heterocycles. The number of ether oxygens (including phenoxy) is 2. The van der Waals surface area contributed by atoms with E-state index in [9.17, 15) is 32.4 Å². The lowest BCUT2D eigenvalue weighted by Gasteiger charge is -2.34. The second kappa shape index (κ2) is 14.7. The molecule has 3 heterocycles. The van der Waals surface area contributed by atoms with E-state index in [0.717, 1.165) is 55.2 Å². The third-order valence-electron chi connectivity index (χ3n) is 11.7. The number of fused-ring (bicyclic) bond motifs is 3. The third-order valence-corrected chi connectivity index (χ3v) is 13.5. The highest BCUT2D eigenvalue weighted by Crippen LogP contribution is 2.45. The first-order valence-corrected chi connectivity index (χ1v) is 20.3. The minimum absolute atomic E-state index is 0.0476. The molecule has 0 radical (unpaired) electrons. The lowest BCUT2D eigenvalue weighted by atomic mass is 9.83. The summed E-state index contributed by atoms with van der Waals surface area (Å²) in [6.07, 6.45) is 7.80. The minimum Gasteiger partial charge on any atom is -0.450 e. The van der Waals surface area contributed by atoms with Gasteiger partial charge in [-0.25, -0.2) is 18.0 Å². The molecular weight excluding hydrogens is 691 g/mol. The molecule has 5 amide bonds. The molecule has 3 saturated carbocycles. The summed E-state index contributed by atoms with van der Waals surface area (Å²) >= 11 is 0. The van der Waals surface area contributed by atoms with Crippen molar-refractivity contribution in [2.45, 2.75) is 126 Å². The molecule has 282 valence electrons. The molecule has 0 aromatic heterocycles. The van der Waals surface area contributed by atoms with Crippen LogP contribution >= 0.6 is 0 Å². The largest absolute Gasteiger partial charge is 0.450 e. The Labute approximate surface area is 304 Å². The Balaban J connectivity index is 1.16. The average molecular weight is 740 g/mol. The van der Waals surface area contributed by atoms with Crippen molar-refractivity contribution in [3.63, 3.8) is 0 Å². The summed E-state index contributed by atoms with van der Waals surface area (Å²) in [6, 6.07) is 3.91. The Hall–Kier alpha value is -4.14. The zero-order valence-corrected chi connectivity index (χ0v) is 30.3. The van der Waals surface area contributed by atoms with Crippen LogP contribution in [0, 0.1) is 11.8 Å². The zero-order chi connectivity index (χ0) is 36.6. The Kier molecular flexibility index (Phi) is 10.2. The summed E-state index contributed by atoms with van der Waals surface area (Å²) in [5.74, 6) is -2.74. The predicted molar refractivity (Wildman–Crippen MR) is 188 cm³/mol. The molecule has 15 heteroatoms. The van der Waals surface area contributed by atoms with Gasteiger partial charge in [0, 0.05) is 25.4 Å². The van der Waals surface area contributed by atoms with E-state index in [2.05, 4.69) is 28.0 Å². The monoisotopic (exact) mass is 739 g/mol. The fraction of sp³-hybridized carbons (Fsp3) is 0.649. The number of cyclic esters (lactones) is 1. The van der Waals surface area contributed by atoms with Gasteiger partial charge in [0.1, 0.15) is 23.7 Å². The number of alkyl carbamates (subject to hydrolysis) is 1. The molecule has 0 unspecified atom stereocenters. The van der Waals surface area contributed by atoms with Crippen molar-refractivity contribution >= 4 is 39.9 Å². The number of nitrogens with one attached hydrogen (secondary N) is 3. The molecule has 3 aliphatic carbocycles. The van der Waals surface area contributed by atoms with Crippen LogP contribution in [0.3, 0.4) is 0 Å². The van der Waals surface area contributed by atoms with E-state index in [1.54, 1.807) is 4.90 Å². The van der Waals surface area contributed by atoms with Crippen molar-refractivity contribution in [1.29, 1.82) is 0 Å². The molecule has 1 saturated heterocycles. The van der Waals surface area contributed by atoms with Crippen molar-refractivity contribution < 1.29 is 41.9 Å². The molecule has 0 spiro atoms. The minimum atomic E-state index is -3.90. The molecule has 6 aliphatic rings. The molecule has 5 atom stereocenters. The molecule has 4 fully saturated rings. The van der Waals surface area contributed by atoms with Gasteiger partial charge in [-0.3, -0.25) is 24.0 Å². The number of benzene rings is 1. The zero-order valence-electron chi connectivity index (χ0n) is 29.5. The maximum Gasteiger partial charge on any atom is 0.410 e. The van der Waals surface area contributed by atoms with Gasteiger partial charge in [0.15, 0.2) is 0 Å². The van der Waals surface area contributed by atoms with Crippen LogP contribution in [0.2, 0.25) is 0 Å². The van der Waals surface area contributed by atoms with Crippen molar-refractivity contribution in [2.24, 2.45) is 11.8 Å². The van der Waals surface area contributed by atoms with Gasteiger partial charge >= 0.3 is 12.2 Å². The highest BCUT2D eigenvalue weighted by atomic mass is 32.2. The van der Waals surface area contributed by atoms with E-state index in [4.69, 9.17) is 9.47 Å². The lowest BCUT2D eigenvalue weighted by molar-refractivity contribution is -0.142. The summed E-state index contributed by atoms with van der Waals surface area (Å²) in [5.41, 5.74) is 1.75. The first-order chi connectivity index (χ1) is 25.0. The van der Waals surface area contributed by atoms with Gasteiger partial charge in [0.2, 0.25) is 21.8 Å². The Bertz CT molecular complexity index is 1720. The van der Waals surface area contributed by atoms with Gasteiger partial charge in [0.05, 0.1) is 18.4 Å². The molecule has 52 heavy (non-hydrogen) atoms. The van der Waals surface area contributed by atoms with Crippen LogP contribution in [0.4, 0.5) is 9.59 Å². The third kappa shape index (κ3) is 7.51. The number of sulfonamides is 1. The first kappa shape index (κ1) is 36.2. The summed E-state index contributed by atoms with van der Waals surface area (Å²) in [7, 11) is -3.90. The normalized spacial score (nSPS) is 30.2. The van der Waals surface area contributed by atoms with E-state index >= 15 is 0 Å². The molecule has 1 aromatic rings. The number of hydrogen-bond donors (Lipinski definition) is 3. The Morgan fingerprint density at radius 2 is 1.73 bits per heavy atom. The smallest absolute Gasteiger partial charge is 0.410 e. The molecule has 7 rings (SSSR count). The summed E-state index contributed by atoms with van der Waals surface area (Å²) < 4.78 is 39.1. The van der Waals surface area contributed by atoms with Gasteiger partial charge in [-0.2, -0.15) is 0 Å². The van der Waals surface area contributed by atoms with Crippen LogP contribution in [-0.4, -0.2) is 90.3 Å². The van der Waals surface area contributed by atoms with Gasteiger partial charge < -0.3 is 25.0 Å². The molecule has 4 bridgehead atoms. The number of carbonyl (C=O) groups is 5. The summed E-state index contributed by atoms with van der Waals surface area (Å²) in [5, 5.41) is 4.96. The summed E-state index contributed by atoms with van der Waals surface area (Å²) in [6.45, 7) is 4.64. The fourth-order valence-electron chi connectivity index (χ4n) is 8.42. The predicted octanol–water partition coefficient (Wildman–Crippen LogP) is 3.18. The van der Waals surface area contributed by atoms with E-state index in [1.165, 1.54) is 11.0 Å². The van der Waals surface area contributed by atoms with Gasteiger partial charge in [-0.15, -0.1) is 6.58 Å². The number of aryl methyl sites for hydroxylation is 1. The molecular formula is C37H49N5O9S. The van der Waals surface area contributed by atoms with Crippen molar-refractivity contribution in [3.05, 3.63) is 47.5 Å². The highest BCUT2D eigenvalue weighted by molar-refractivity contribution is 7.91. The maximum absolute atomic E-state index is 14.6. The SMILES string of the molecule is C=C[C@@H]1C[C@]1(NC(=O)[C@@H]1C[C@@H]2CN1C(=O)[C@H](C1CCCCC1)NC(=O)OCCCCCc1cccc3c1CN(C3)C(=O)O2)C(=O)NS(=O)(=O)C1CC1. The number of nitrogens with zero attached hydrogens (tertiary/aromatic N) is 2. The maximum atomic E-state index is 14.6. The van der Waals surface area contributed by atoms with E-state index in [0.29, 0.717) is 45.2 Å². The van der Waals surface area contributed by atoms with Crippen LogP contribution in [0.15, 0.2) is 30.9 Å². The van der Waals surface area contributed by atoms with E-state index in [1.807, 2.05) is 12.1 Å². The topological polar surface area (TPSA) is 181 Å². The van der Waals surface area contributed by atoms with Gasteiger partial charge in [-0.05, 0) is 80.4 Å². The first-order valence-electron chi connectivity index (χ1n) is 18.8. The van der Waals surface area contributed by atoms with Crippen molar-refractivity contribution in [1.82, 2.24) is 25.2 Å². The molecule has 3 N–H and O–H groups in total. The molecule has 1 aromatic carbocycles. The number of amides is 5. The molecule has 14 nitrogen and oxygen atoms in total. The second-order valence-electron chi connectivity index (χ2n) is 15.3. The summed E-state index contributed by atoms with van der Waals surface area (Å²) in [4.78, 5) is 72.0. The van der Waals surface area contributed by atoms with Crippen LogP contribution in [0.1, 0.15) is 93.7 Å². The average Bonchev–Trinajstić information content (AvgIpc) is 4.02. The van der Waals surface area contributed by atoms with Crippen molar-refractivity contribution in [3.8, 4) is 0 Å². The van der Waals surface area contributed by atoms with Crippen LogP contribution in [0.5, 0.6) is 0 Å². The number of hydrogen-bond acceptors (Lipinski definition) is 9.